The molecule has 244 valence electrons. The molecule has 0 fully saturated rings. The Morgan fingerprint density at radius 2 is 1.06 bits per heavy atom. The number of rotatable bonds is 5. The molecule has 0 atom stereocenters. The molecule has 8 aromatic carbocycles. The summed E-state index contributed by atoms with van der Waals surface area (Å²) < 4.78 is 19.1. The van der Waals surface area contributed by atoms with Gasteiger partial charge in [0.05, 0.1) is 0 Å². The summed E-state index contributed by atoms with van der Waals surface area (Å²) in [6.45, 7) is 0. The van der Waals surface area contributed by atoms with Gasteiger partial charge in [0.25, 0.3) is 0 Å². The molecule has 0 saturated heterocycles. The number of benzene rings is 8. The first-order valence-corrected chi connectivity index (χ1v) is 17.4. The molecule has 3 aromatic heterocycles. The number of para-hydroxylation sites is 3. The van der Waals surface area contributed by atoms with Crippen LogP contribution in [0.15, 0.2) is 183 Å². The number of fused-ring (bicyclic) bond motifs is 8. The number of hydrogen-bond acceptors (Lipinski definition) is 5. The van der Waals surface area contributed by atoms with Gasteiger partial charge in [0, 0.05) is 50.2 Å². The highest BCUT2D eigenvalue weighted by molar-refractivity contribution is 6.13. The molecule has 0 bridgehead atoms. The number of hydrogen-bond donors (Lipinski definition) is 0. The monoisotopic (exact) mass is 668 g/mol. The SMILES string of the molecule is c1ccc2cc(-c3ccc(N(c4ccc5c(c4)oc4ccccc45)c4ccc5oc6cccc(-c7nc8ccccc8o7)c6c5c4)cc3)ccc2c1. The molecule has 0 saturated carbocycles. The molecular formula is C47H28N2O3. The third kappa shape index (κ3) is 4.53. The third-order valence-corrected chi connectivity index (χ3v) is 10.1. The minimum Gasteiger partial charge on any atom is -0.456 e. The van der Waals surface area contributed by atoms with Crippen LogP contribution in [0.25, 0.3) is 88.3 Å². The van der Waals surface area contributed by atoms with Crippen LogP contribution in [0.2, 0.25) is 0 Å². The number of nitrogens with zero attached hydrogens (tertiary/aromatic N) is 2. The average molecular weight is 669 g/mol. The van der Waals surface area contributed by atoms with Crippen molar-refractivity contribution >= 4 is 82.8 Å². The van der Waals surface area contributed by atoms with Gasteiger partial charge in [-0.2, -0.15) is 0 Å². The maximum Gasteiger partial charge on any atom is 0.228 e. The van der Waals surface area contributed by atoms with E-state index >= 15 is 0 Å². The number of furan rings is 2. The highest BCUT2D eigenvalue weighted by Gasteiger charge is 2.20. The van der Waals surface area contributed by atoms with Gasteiger partial charge >= 0.3 is 0 Å². The third-order valence-electron chi connectivity index (χ3n) is 10.1. The molecule has 3 heterocycles. The van der Waals surface area contributed by atoms with Crippen LogP contribution in [0, 0.1) is 0 Å². The summed E-state index contributed by atoms with van der Waals surface area (Å²) in [5, 5.41) is 6.59. The Kier molecular flexibility index (Phi) is 6.18. The second-order valence-corrected chi connectivity index (χ2v) is 13.2. The fraction of sp³-hybridized carbons (Fsp3) is 0. The van der Waals surface area contributed by atoms with Crippen molar-refractivity contribution in [1.82, 2.24) is 4.98 Å². The summed E-state index contributed by atoms with van der Waals surface area (Å²) in [5.74, 6) is 0.566. The van der Waals surface area contributed by atoms with Crippen molar-refractivity contribution in [1.29, 1.82) is 0 Å². The van der Waals surface area contributed by atoms with E-state index in [1.807, 2.05) is 60.7 Å². The van der Waals surface area contributed by atoms with Crippen molar-refractivity contribution in [2.24, 2.45) is 0 Å². The van der Waals surface area contributed by atoms with Crippen molar-refractivity contribution < 1.29 is 13.3 Å². The van der Waals surface area contributed by atoms with E-state index in [2.05, 4.69) is 114 Å². The van der Waals surface area contributed by atoms with Crippen LogP contribution >= 0.6 is 0 Å². The summed E-state index contributed by atoms with van der Waals surface area (Å²) in [6, 6.07) is 58.8. The Morgan fingerprint density at radius 1 is 0.385 bits per heavy atom. The smallest absolute Gasteiger partial charge is 0.228 e. The molecule has 0 spiro atoms. The summed E-state index contributed by atoms with van der Waals surface area (Å²) in [4.78, 5) is 7.11. The second-order valence-electron chi connectivity index (χ2n) is 13.2. The van der Waals surface area contributed by atoms with Crippen molar-refractivity contribution in [3.8, 4) is 22.6 Å². The number of anilines is 3. The molecule has 5 heteroatoms. The maximum absolute atomic E-state index is 6.42. The van der Waals surface area contributed by atoms with Gasteiger partial charge < -0.3 is 18.2 Å². The highest BCUT2D eigenvalue weighted by atomic mass is 16.4. The zero-order valence-corrected chi connectivity index (χ0v) is 27.8. The fourth-order valence-corrected chi connectivity index (χ4v) is 7.59. The van der Waals surface area contributed by atoms with Gasteiger partial charge in [0.2, 0.25) is 5.89 Å². The standard InChI is InChI=1S/C47H28N2O3/c1-2-9-31-26-32(17-16-29(31)8-1)30-18-20-33(21-19-30)49(35-22-24-37-36-10-3-5-13-41(36)51-45(37)28-35)34-23-25-42-39(27-34)46-38(11-7-15-44(46)50-42)47-48-40-12-4-6-14-43(40)52-47/h1-28H. The number of aromatic nitrogens is 1. The highest BCUT2D eigenvalue weighted by Crippen LogP contribution is 2.43. The molecule has 0 N–H and O–H groups in total. The molecular weight excluding hydrogens is 641 g/mol. The zero-order chi connectivity index (χ0) is 34.2. The van der Waals surface area contributed by atoms with E-state index in [1.54, 1.807) is 0 Å². The molecule has 0 unspecified atom stereocenters. The first kappa shape index (κ1) is 28.7. The molecule has 52 heavy (non-hydrogen) atoms. The Hall–Kier alpha value is -7.11. The first-order valence-electron chi connectivity index (χ1n) is 17.4. The minimum atomic E-state index is 0.566. The molecule has 0 aliphatic carbocycles. The molecule has 0 amide bonds. The van der Waals surface area contributed by atoms with Gasteiger partial charge in [-0.15, -0.1) is 0 Å². The van der Waals surface area contributed by atoms with E-state index < -0.39 is 0 Å². The molecule has 0 aliphatic rings. The van der Waals surface area contributed by atoms with Gasteiger partial charge in [-0.1, -0.05) is 84.9 Å². The molecule has 11 rings (SSSR count). The van der Waals surface area contributed by atoms with Gasteiger partial charge in [-0.25, -0.2) is 4.98 Å². The molecule has 0 aliphatic heterocycles. The maximum atomic E-state index is 6.42. The van der Waals surface area contributed by atoms with E-state index in [-0.39, 0.29) is 0 Å². The van der Waals surface area contributed by atoms with Crippen molar-refractivity contribution in [2.45, 2.75) is 0 Å². The molecule has 5 nitrogen and oxygen atoms in total. The van der Waals surface area contributed by atoms with Crippen LogP contribution in [-0.4, -0.2) is 4.98 Å². The second kappa shape index (κ2) is 11.2. The quantitative estimate of drug-likeness (QED) is 0.183. The lowest BCUT2D eigenvalue weighted by Gasteiger charge is -2.26. The largest absolute Gasteiger partial charge is 0.456 e. The minimum absolute atomic E-state index is 0.566. The molecule has 11 aromatic rings. The summed E-state index contributed by atoms with van der Waals surface area (Å²) in [5.41, 5.74) is 11.1. The van der Waals surface area contributed by atoms with Crippen LogP contribution < -0.4 is 4.90 Å². The normalized spacial score (nSPS) is 11.8. The Balaban J connectivity index is 1.09. The van der Waals surface area contributed by atoms with Crippen LogP contribution in [0.4, 0.5) is 17.1 Å². The molecule has 0 radical (unpaired) electrons. The zero-order valence-electron chi connectivity index (χ0n) is 27.8. The van der Waals surface area contributed by atoms with Crippen molar-refractivity contribution in [3.05, 3.63) is 170 Å². The lowest BCUT2D eigenvalue weighted by atomic mass is 10.0. The average Bonchev–Trinajstić information content (AvgIpc) is 3.91. The van der Waals surface area contributed by atoms with E-state index in [9.17, 15) is 0 Å². The lowest BCUT2D eigenvalue weighted by Crippen LogP contribution is -2.09. The van der Waals surface area contributed by atoms with E-state index in [1.165, 1.54) is 16.3 Å². The van der Waals surface area contributed by atoms with Crippen LogP contribution in [0.1, 0.15) is 0 Å². The topological polar surface area (TPSA) is 55.6 Å². The van der Waals surface area contributed by atoms with Gasteiger partial charge in [0.1, 0.15) is 27.8 Å². The van der Waals surface area contributed by atoms with Crippen LogP contribution in [0.5, 0.6) is 0 Å². The summed E-state index contributed by atoms with van der Waals surface area (Å²) >= 11 is 0. The summed E-state index contributed by atoms with van der Waals surface area (Å²) in [7, 11) is 0. The lowest BCUT2D eigenvalue weighted by molar-refractivity contribution is 0.620. The predicted molar refractivity (Wildman–Crippen MR) is 212 cm³/mol. The summed E-state index contributed by atoms with van der Waals surface area (Å²) in [6.07, 6.45) is 0. The fourth-order valence-electron chi connectivity index (χ4n) is 7.59. The van der Waals surface area contributed by atoms with Crippen LogP contribution in [0.3, 0.4) is 0 Å². The first-order chi connectivity index (χ1) is 25.7. The van der Waals surface area contributed by atoms with Gasteiger partial charge in [-0.3, -0.25) is 0 Å². The van der Waals surface area contributed by atoms with E-state index in [4.69, 9.17) is 18.2 Å². The van der Waals surface area contributed by atoms with Crippen molar-refractivity contribution in [3.63, 3.8) is 0 Å². The Morgan fingerprint density at radius 3 is 1.96 bits per heavy atom. The Labute approximate surface area is 297 Å². The van der Waals surface area contributed by atoms with E-state index in [0.717, 1.165) is 83.2 Å². The number of oxazole rings is 1. The van der Waals surface area contributed by atoms with Crippen molar-refractivity contribution in [2.75, 3.05) is 4.90 Å². The predicted octanol–water partition coefficient (Wildman–Crippen LogP) is 13.6. The van der Waals surface area contributed by atoms with E-state index in [0.29, 0.717) is 5.89 Å². The Bertz CT molecular complexity index is 3110. The van der Waals surface area contributed by atoms with Gasteiger partial charge in [0.15, 0.2) is 5.58 Å². The van der Waals surface area contributed by atoms with Crippen LogP contribution in [-0.2, 0) is 0 Å². The van der Waals surface area contributed by atoms with Gasteiger partial charge in [-0.05, 0) is 101 Å².